The predicted molar refractivity (Wildman–Crippen MR) is 125 cm³/mol. The van der Waals surface area contributed by atoms with Gasteiger partial charge in [0.15, 0.2) is 17.3 Å². The van der Waals surface area contributed by atoms with Gasteiger partial charge >= 0.3 is 0 Å². The van der Waals surface area contributed by atoms with Crippen LogP contribution in [0.15, 0.2) is 65.1 Å². The van der Waals surface area contributed by atoms with E-state index in [0.29, 0.717) is 42.0 Å². The Kier molecular flexibility index (Phi) is 7.88. The number of morpholine rings is 1. The molecule has 33 heavy (non-hydrogen) atoms. The molecular weight excluding hydrogens is 444 g/mol. The van der Waals surface area contributed by atoms with E-state index in [1.54, 1.807) is 19.2 Å². The largest absolute Gasteiger partial charge is 0.493 e. The number of halogens is 1. The van der Waals surface area contributed by atoms with E-state index in [0.717, 1.165) is 18.7 Å². The molecule has 2 heterocycles. The molecule has 1 unspecified atom stereocenters. The van der Waals surface area contributed by atoms with E-state index < -0.39 is 0 Å². The molecule has 4 rings (SSSR count). The number of nitrogens with zero attached hydrogens (tertiary/aromatic N) is 1. The third kappa shape index (κ3) is 6.07. The lowest BCUT2D eigenvalue weighted by Gasteiger charge is -2.34. The van der Waals surface area contributed by atoms with Gasteiger partial charge in [0.1, 0.15) is 12.4 Å². The smallest absolute Gasteiger partial charge is 0.287 e. The molecule has 0 spiro atoms. The zero-order valence-electron chi connectivity index (χ0n) is 18.5. The Morgan fingerprint density at radius 2 is 1.79 bits per heavy atom. The molecular formula is C25H27ClN2O5. The van der Waals surface area contributed by atoms with Crippen LogP contribution < -0.4 is 14.8 Å². The first-order valence-electron chi connectivity index (χ1n) is 10.8. The summed E-state index contributed by atoms with van der Waals surface area (Å²) in [6, 6.07) is 18.5. The van der Waals surface area contributed by atoms with Crippen molar-refractivity contribution in [2.75, 3.05) is 40.0 Å². The molecule has 1 aromatic heterocycles. The number of hydrogen-bond acceptors (Lipinski definition) is 6. The number of rotatable bonds is 9. The Bertz CT molecular complexity index is 1050. The van der Waals surface area contributed by atoms with Gasteiger partial charge in [-0.15, -0.1) is 0 Å². The van der Waals surface area contributed by atoms with Gasteiger partial charge in [-0.25, -0.2) is 0 Å². The highest BCUT2D eigenvalue weighted by Crippen LogP contribution is 2.27. The predicted octanol–water partition coefficient (Wildman–Crippen LogP) is 4.32. The third-order valence-corrected chi connectivity index (χ3v) is 5.77. The quantitative estimate of drug-likeness (QED) is 0.502. The van der Waals surface area contributed by atoms with E-state index in [2.05, 4.69) is 10.2 Å². The highest BCUT2D eigenvalue weighted by atomic mass is 35.5. The van der Waals surface area contributed by atoms with E-state index in [9.17, 15) is 4.79 Å². The fraction of sp³-hybridized carbons (Fsp3) is 0.320. The molecule has 0 radical (unpaired) electrons. The van der Waals surface area contributed by atoms with Crippen molar-refractivity contribution in [1.29, 1.82) is 0 Å². The van der Waals surface area contributed by atoms with E-state index in [4.69, 9.17) is 30.2 Å². The first-order chi connectivity index (χ1) is 16.1. The zero-order chi connectivity index (χ0) is 23.0. The molecule has 1 atom stereocenters. The first-order valence-corrected chi connectivity index (χ1v) is 11.2. The summed E-state index contributed by atoms with van der Waals surface area (Å²) < 4.78 is 22.3. The molecule has 0 bridgehead atoms. The van der Waals surface area contributed by atoms with Gasteiger partial charge in [0.05, 0.1) is 26.4 Å². The van der Waals surface area contributed by atoms with Crippen LogP contribution in [0, 0.1) is 0 Å². The molecule has 7 nitrogen and oxygen atoms in total. The summed E-state index contributed by atoms with van der Waals surface area (Å²) in [6.07, 6.45) is 0. The highest BCUT2D eigenvalue weighted by Gasteiger charge is 2.24. The number of furan rings is 1. The van der Waals surface area contributed by atoms with Gasteiger partial charge in [0.2, 0.25) is 0 Å². The molecule has 1 N–H and O–H groups in total. The fourth-order valence-electron chi connectivity index (χ4n) is 3.77. The summed E-state index contributed by atoms with van der Waals surface area (Å²) in [5.41, 5.74) is 1.09. The van der Waals surface area contributed by atoms with E-state index in [1.807, 2.05) is 48.5 Å². The second kappa shape index (κ2) is 11.2. The summed E-state index contributed by atoms with van der Waals surface area (Å²) >= 11 is 6.06. The van der Waals surface area contributed by atoms with Gasteiger partial charge in [-0.2, -0.15) is 0 Å². The Balaban J connectivity index is 1.37. The number of para-hydroxylation sites is 2. The number of carbonyl (C=O) groups is 1. The second-order valence-corrected chi connectivity index (χ2v) is 8.07. The lowest BCUT2D eigenvalue weighted by Crippen LogP contribution is -2.43. The van der Waals surface area contributed by atoms with Crippen LogP contribution in [0.1, 0.15) is 27.9 Å². The molecule has 1 aliphatic heterocycles. The van der Waals surface area contributed by atoms with E-state index in [1.165, 1.54) is 0 Å². The maximum absolute atomic E-state index is 12.8. The van der Waals surface area contributed by atoms with Crippen molar-refractivity contribution in [3.8, 4) is 11.5 Å². The van der Waals surface area contributed by atoms with Crippen LogP contribution >= 0.6 is 11.6 Å². The topological polar surface area (TPSA) is 73.2 Å². The minimum Gasteiger partial charge on any atom is -0.493 e. The fourth-order valence-corrected chi connectivity index (χ4v) is 3.90. The maximum Gasteiger partial charge on any atom is 0.287 e. The molecule has 174 valence electrons. The van der Waals surface area contributed by atoms with Crippen molar-refractivity contribution < 1.29 is 23.4 Å². The Morgan fingerprint density at radius 1 is 1.06 bits per heavy atom. The monoisotopic (exact) mass is 470 g/mol. The summed E-state index contributed by atoms with van der Waals surface area (Å²) in [5, 5.41) is 3.69. The minimum absolute atomic E-state index is 0.0124. The molecule has 0 aliphatic carbocycles. The van der Waals surface area contributed by atoms with Crippen molar-refractivity contribution in [3.63, 3.8) is 0 Å². The Labute approximate surface area is 198 Å². The number of carbonyl (C=O) groups excluding carboxylic acids is 1. The van der Waals surface area contributed by atoms with Crippen LogP contribution in [-0.2, 0) is 11.3 Å². The summed E-state index contributed by atoms with van der Waals surface area (Å²) in [5.74, 6) is 1.77. The standard InChI is InChI=1S/C25H27ClN2O5/c1-30-22-4-2-3-5-23(22)32-17-20-10-11-24(33-20)25(29)27-16-21(28-12-14-31-15-13-28)18-6-8-19(26)9-7-18/h2-11,21H,12-17H2,1H3,(H,27,29). The third-order valence-electron chi connectivity index (χ3n) is 5.52. The van der Waals surface area contributed by atoms with Gasteiger partial charge in [-0.05, 0) is 42.0 Å². The lowest BCUT2D eigenvalue weighted by atomic mass is 10.0. The van der Waals surface area contributed by atoms with E-state index >= 15 is 0 Å². The van der Waals surface area contributed by atoms with Crippen LogP contribution in [0.2, 0.25) is 5.02 Å². The van der Waals surface area contributed by atoms with Crippen molar-refractivity contribution >= 4 is 17.5 Å². The highest BCUT2D eigenvalue weighted by molar-refractivity contribution is 6.30. The average Bonchev–Trinajstić information content (AvgIpc) is 3.34. The first kappa shape index (κ1) is 23.2. The van der Waals surface area contributed by atoms with Crippen molar-refractivity contribution in [2.45, 2.75) is 12.6 Å². The number of ether oxygens (including phenoxy) is 3. The van der Waals surface area contributed by atoms with E-state index in [-0.39, 0.29) is 24.3 Å². The van der Waals surface area contributed by atoms with Crippen LogP contribution in [0.4, 0.5) is 0 Å². The minimum atomic E-state index is -0.272. The molecule has 1 fully saturated rings. The molecule has 1 amide bonds. The summed E-state index contributed by atoms with van der Waals surface area (Å²) in [7, 11) is 1.59. The number of benzene rings is 2. The second-order valence-electron chi connectivity index (χ2n) is 7.63. The Hall–Kier alpha value is -3.00. The van der Waals surface area contributed by atoms with Gasteiger partial charge in [-0.1, -0.05) is 35.9 Å². The van der Waals surface area contributed by atoms with Crippen LogP contribution in [0.25, 0.3) is 0 Å². The SMILES string of the molecule is COc1ccccc1OCc1ccc(C(=O)NCC(c2ccc(Cl)cc2)N2CCOCC2)o1. The van der Waals surface area contributed by atoms with Crippen LogP contribution in [0.5, 0.6) is 11.5 Å². The maximum atomic E-state index is 12.8. The van der Waals surface area contributed by atoms with Gasteiger partial charge in [0.25, 0.3) is 5.91 Å². The normalized spacial score (nSPS) is 15.1. The molecule has 3 aromatic rings. The van der Waals surface area contributed by atoms with Gasteiger partial charge < -0.3 is 23.9 Å². The van der Waals surface area contributed by atoms with Crippen molar-refractivity contribution in [2.24, 2.45) is 0 Å². The number of hydrogen-bond donors (Lipinski definition) is 1. The number of amides is 1. The van der Waals surface area contributed by atoms with Crippen LogP contribution in [0.3, 0.4) is 0 Å². The lowest BCUT2D eigenvalue weighted by molar-refractivity contribution is 0.0161. The van der Waals surface area contributed by atoms with Gasteiger partial charge in [-0.3, -0.25) is 9.69 Å². The molecule has 0 saturated carbocycles. The van der Waals surface area contributed by atoms with Crippen molar-refractivity contribution in [1.82, 2.24) is 10.2 Å². The van der Waals surface area contributed by atoms with Gasteiger partial charge in [0, 0.05) is 24.7 Å². The average molecular weight is 471 g/mol. The number of nitrogens with one attached hydrogen (secondary N) is 1. The molecule has 1 aliphatic rings. The number of methoxy groups -OCH3 is 1. The van der Waals surface area contributed by atoms with Crippen LogP contribution in [-0.4, -0.2) is 50.8 Å². The molecule has 8 heteroatoms. The summed E-state index contributed by atoms with van der Waals surface area (Å²) in [4.78, 5) is 15.1. The zero-order valence-corrected chi connectivity index (χ0v) is 19.2. The van der Waals surface area contributed by atoms with Crippen molar-refractivity contribution in [3.05, 3.63) is 82.8 Å². The molecule has 1 saturated heterocycles. The Morgan fingerprint density at radius 3 is 2.52 bits per heavy atom. The molecule has 2 aromatic carbocycles. The summed E-state index contributed by atoms with van der Waals surface area (Å²) in [6.45, 7) is 3.57.